The lowest BCUT2D eigenvalue weighted by atomic mass is 9.98. The van der Waals surface area contributed by atoms with E-state index in [4.69, 9.17) is 11.6 Å². The minimum Gasteiger partial charge on any atom is -0.310 e. The number of nitrogens with one attached hydrogen (secondary N) is 1. The van der Waals surface area contributed by atoms with Crippen molar-refractivity contribution in [2.45, 2.75) is 26.3 Å². The molecule has 1 atom stereocenters. The lowest BCUT2D eigenvalue weighted by Gasteiger charge is -2.20. The standard InChI is InChI=1S/C15H17BrClNS/c1-3-18-14(9-12-5-7-15(17)19-12)13-6-4-11(16)8-10(13)2/h4-8,14,18H,3,9H2,1-2H3. The molecule has 4 heteroatoms. The van der Waals surface area contributed by atoms with Crippen LogP contribution in [-0.4, -0.2) is 6.54 Å². The molecule has 2 aromatic rings. The summed E-state index contributed by atoms with van der Waals surface area (Å²) in [5, 5.41) is 3.57. The summed E-state index contributed by atoms with van der Waals surface area (Å²) in [6, 6.07) is 10.9. The molecule has 1 heterocycles. The van der Waals surface area contributed by atoms with E-state index in [0.29, 0.717) is 6.04 Å². The number of rotatable bonds is 5. The van der Waals surface area contributed by atoms with Crippen LogP contribution in [0.15, 0.2) is 34.8 Å². The van der Waals surface area contributed by atoms with Gasteiger partial charge in [-0.3, -0.25) is 0 Å². The first-order valence-corrected chi connectivity index (χ1v) is 8.32. The molecule has 1 aromatic heterocycles. The highest BCUT2D eigenvalue weighted by molar-refractivity contribution is 9.10. The average molecular weight is 359 g/mol. The third kappa shape index (κ3) is 4.06. The van der Waals surface area contributed by atoms with Gasteiger partial charge in [-0.15, -0.1) is 11.3 Å². The fourth-order valence-electron chi connectivity index (χ4n) is 2.23. The van der Waals surface area contributed by atoms with Gasteiger partial charge in [-0.2, -0.15) is 0 Å². The number of likely N-dealkylation sites (N-methyl/N-ethyl adjacent to an activating group) is 1. The van der Waals surface area contributed by atoms with Crippen LogP contribution in [0.2, 0.25) is 4.34 Å². The Morgan fingerprint density at radius 2 is 2.11 bits per heavy atom. The minimum absolute atomic E-state index is 0.341. The van der Waals surface area contributed by atoms with Crippen molar-refractivity contribution < 1.29 is 0 Å². The minimum atomic E-state index is 0.341. The predicted octanol–water partition coefficient (Wildman–Crippen LogP) is 5.37. The first kappa shape index (κ1) is 15.0. The van der Waals surface area contributed by atoms with E-state index < -0.39 is 0 Å². The van der Waals surface area contributed by atoms with Gasteiger partial charge in [0.2, 0.25) is 0 Å². The van der Waals surface area contributed by atoms with E-state index in [9.17, 15) is 0 Å². The summed E-state index contributed by atoms with van der Waals surface area (Å²) >= 11 is 11.2. The van der Waals surface area contributed by atoms with E-state index >= 15 is 0 Å². The van der Waals surface area contributed by atoms with Gasteiger partial charge in [-0.25, -0.2) is 0 Å². The Labute approximate surface area is 132 Å². The van der Waals surface area contributed by atoms with Gasteiger partial charge in [0.15, 0.2) is 0 Å². The molecule has 1 unspecified atom stereocenters. The van der Waals surface area contributed by atoms with E-state index in [1.54, 1.807) is 11.3 Å². The van der Waals surface area contributed by atoms with Crippen LogP contribution in [0.5, 0.6) is 0 Å². The van der Waals surface area contributed by atoms with E-state index in [0.717, 1.165) is 21.8 Å². The molecule has 0 spiro atoms. The molecule has 0 fully saturated rings. The van der Waals surface area contributed by atoms with Gasteiger partial charge in [0.1, 0.15) is 0 Å². The Kier molecular flexibility index (Phi) is 5.46. The van der Waals surface area contributed by atoms with Gasteiger partial charge in [-0.1, -0.05) is 40.5 Å². The fraction of sp³-hybridized carbons (Fsp3) is 0.333. The third-order valence-electron chi connectivity index (χ3n) is 3.09. The van der Waals surface area contributed by atoms with Crippen LogP contribution in [0.3, 0.4) is 0 Å². The zero-order chi connectivity index (χ0) is 13.8. The van der Waals surface area contributed by atoms with Crippen molar-refractivity contribution in [3.63, 3.8) is 0 Å². The van der Waals surface area contributed by atoms with Crippen LogP contribution in [0.25, 0.3) is 0 Å². The molecule has 2 rings (SSSR count). The molecule has 0 saturated carbocycles. The first-order valence-electron chi connectivity index (χ1n) is 6.33. The second-order valence-electron chi connectivity index (χ2n) is 4.52. The van der Waals surface area contributed by atoms with Crippen molar-refractivity contribution in [3.8, 4) is 0 Å². The lowest BCUT2D eigenvalue weighted by molar-refractivity contribution is 0.551. The molecule has 19 heavy (non-hydrogen) atoms. The molecule has 0 aliphatic rings. The quantitative estimate of drug-likeness (QED) is 0.758. The number of thiophene rings is 1. The van der Waals surface area contributed by atoms with Gasteiger partial charge in [-0.05, 0) is 48.9 Å². The van der Waals surface area contributed by atoms with Crippen molar-refractivity contribution in [2.24, 2.45) is 0 Å². The Morgan fingerprint density at radius 1 is 1.32 bits per heavy atom. The zero-order valence-electron chi connectivity index (χ0n) is 11.0. The maximum Gasteiger partial charge on any atom is 0.0931 e. The van der Waals surface area contributed by atoms with Crippen LogP contribution in [-0.2, 0) is 6.42 Å². The van der Waals surface area contributed by atoms with Crippen LogP contribution in [0.1, 0.15) is 29.0 Å². The van der Waals surface area contributed by atoms with Gasteiger partial charge < -0.3 is 5.32 Å². The Hall–Kier alpha value is -0.350. The molecule has 0 amide bonds. The number of halogens is 2. The van der Waals surface area contributed by atoms with E-state index in [1.807, 2.05) is 6.07 Å². The predicted molar refractivity (Wildman–Crippen MR) is 88.3 cm³/mol. The summed E-state index contributed by atoms with van der Waals surface area (Å²) < 4.78 is 1.99. The molecule has 0 bridgehead atoms. The summed E-state index contributed by atoms with van der Waals surface area (Å²) in [7, 11) is 0. The maximum atomic E-state index is 6.01. The molecular weight excluding hydrogens is 342 g/mol. The largest absolute Gasteiger partial charge is 0.310 e. The lowest BCUT2D eigenvalue weighted by Crippen LogP contribution is -2.23. The van der Waals surface area contributed by atoms with Crippen molar-refractivity contribution >= 4 is 38.9 Å². The maximum absolute atomic E-state index is 6.01. The van der Waals surface area contributed by atoms with Crippen molar-refractivity contribution in [1.82, 2.24) is 5.32 Å². The molecule has 0 saturated heterocycles. The smallest absolute Gasteiger partial charge is 0.0931 e. The van der Waals surface area contributed by atoms with Crippen LogP contribution >= 0.6 is 38.9 Å². The van der Waals surface area contributed by atoms with Crippen molar-refractivity contribution in [1.29, 1.82) is 0 Å². The molecule has 1 aromatic carbocycles. The van der Waals surface area contributed by atoms with Crippen LogP contribution in [0, 0.1) is 6.92 Å². The highest BCUT2D eigenvalue weighted by Crippen LogP contribution is 2.29. The summed E-state index contributed by atoms with van der Waals surface area (Å²) in [5.41, 5.74) is 2.66. The van der Waals surface area contributed by atoms with E-state index in [2.05, 4.69) is 59.4 Å². The SMILES string of the molecule is CCNC(Cc1ccc(Cl)s1)c1ccc(Br)cc1C. The zero-order valence-corrected chi connectivity index (χ0v) is 14.2. The van der Waals surface area contributed by atoms with Crippen molar-refractivity contribution in [2.75, 3.05) is 6.54 Å². The molecule has 1 nitrogen and oxygen atoms in total. The van der Waals surface area contributed by atoms with Crippen molar-refractivity contribution in [3.05, 3.63) is 55.1 Å². The second kappa shape index (κ2) is 6.89. The van der Waals surface area contributed by atoms with Gasteiger partial charge in [0.05, 0.1) is 4.34 Å². The number of hydrogen-bond donors (Lipinski definition) is 1. The molecule has 102 valence electrons. The van der Waals surface area contributed by atoms with Crippen LogP contribution < -0.4 is 5.32 Å². The number of hydrogen-bond acceptors (Lipinski definition) is 2. The summed E-state index contributed by atoms with van der Waals surface area (Å²) in [5.74, 6) is 0. The molecule has 1 N–H and O–H groups in total. The number of benzene rings is 1. The Morgan fingerprint density at radius 3 is 2.68 bits per heavy atom. The fourth-order valence-corrected chi connectivity index (χ4v) is 3.84. The highest BCUT2D eigenvalue weighted by Gasteiger charge is 2.14. The van der Waals surface area contributed by atoms with E-state index in [1.165, 1.54) is 16.0 Å². The summed E-state index contributed by atoms with van der Waals surface area (Å²) in [4.78, 5) is 1.32. The van der Waals surface area contributed by atoms with Gasteiger partial charge >= 0.3 is 0 Å². The first-order chi connectivity index (χ1) is 9.10. The molecular formula is C15H17BrClNS. The van der Waals surface area contributed by atoms with Crippen LogP contribution in [0.4, 0.5) is 0 Å². The highest BCUT2D eigenvalue weighted by atomic mass is 79.9. The molecule has 0 radical (unpaired) electrons. The summed E-state index contributed by atoms with van der Waals surface area (Å²) in [6.07, 6.45) is 0.980. The number of aryl methyl sites for hydroxylation is 1. The van der Waals surface area contributed by atoms with Gasteiger partial charge in [0.25, 0.3) is 0 Å². The Bertz CT molecular complexity index is 553. The molecule has 0 aliphatic heterocycles. The second-order valence-corrected chi connectivity index (χ2v) is 7.24. The van der Waals surface area contributed by atoms with Gasteiger partial charge in [0, 0.05) is 21.8 Å². The Balaban J connectivity index is 2.23. The van der Waals surface area contributed by atoms with E-state index in [-0.39, 0.29) is 0 Å². The average Bonchev–Trinajstić information content (AvgIpc) is 2.74. The third-order valence-corrected chi connectivity index (χ3v) is 4.84. The normalized spacial score (nSPS) is 12.6. The molecule has 0 aliphatic carbocycles. The summed E-state index contributed by atoms with van der Waals surface area (Å²) in [6.45, 7) is 5.26. The topological polar surface area (TPSA) is 12.0 Å². The monoisotopic (exact) mass is 357 g/mol.